The van der Waals surface area contributed by atoms with Crippen LogP contribution in [0.25, 0.3) is 11.8 Å². The van der Waals surface area contributed by atoms with E-state index in [0.717, 1.165) is 45.5 Å². The molecule has 0 fully saturated rings. The van der Waals surface area contributed by atoms with E-state index in [1.165, 1.54) is 19.2 Å². The van der Waals surface area contributed by atoms with Crippen molar-refractivity contribution in [2.45, 2.75) is 27.7 Å². The standard InChI is InChI=1S/C28H28N4O6/c1-6-31(7-2)20-9-8-17(15(3)10-20)14-22-16(4)23-24(29-30(5)26(23)34)32(25(22)33)21-12-18(27(35)36)11-19(13-21)28(37)38/h8-14H,6-7H2,1-5H3,(H,35,36)(H,37,38)/b22-14-. The fourth-order valence-electron chi connectivity index (χ4n) is 4.65. The number of hydrogen-bond donors (Lipinski definition) is 2. The van der Waals surface area contributed by atoms with Crippen LogP contribution in [0, 0.1) is 13.8 Å². The number of aryl methyl sites for hydroxylation is 1. The van der Waals surface area contributed by atoms with Crippen LogP contribution in [0.4, 0.5) is 5.69 Å². The van der Waals surface area contributed by atoms with Gasteiger partial charge in [0, 0.05) is 31.0 Å². The topological polar surface area (TPSA) is 133 Å². The molecule has 38 heavy (non-hydrogen) atoms. The third kappa shape index (κ3) is 4.45. The van der Waals surface area contributed by atoms with E-state index in [-0.39, 0.29) is 33.1 Å². The molecule has 2 aromatic carbocycles. The number of carboxylic acids is 2. The average molecular weight is 517 g/mol. The molecule has 2 N–H and O–H groups in total. The molecule has 0 saturated carbocycles. The second-order valence-electron chi connectivity index (χ2n) is 9.04. The molecule has 0 unspecified atom stereocenters. The van der Waals surface area contributed by atoms with Gasteiger partial charge >= 0.3 is 11.9 Å². The molecule has 0 atom stereocenters. The molecule has 0 saturated heterocycles. The Morgan fingerprint density at radius 3 is 2.11 bits per heavy atom. The Balaban J connectivity index is 2.07. The number of nitrogens with zero attached hydrogens (tertiary/aromatic N) is 4. The molecule has 1 aliphatic rings. The van der Waals surface area contributed by atoms with Gasteiger partial charge < -0.3 is 15.1 Å². The first kappa shape index (κ1) is 26.3. The van der Waals surface area contributed by atoms with Gasteiger partial charge in [0.15, 0.2) is 5.49 Å². The van der Waals surface area contributed by atoms with Crippen molar-refractivity contribution in [3.63, 3.8) is 0 Å². The van der Waals surface area contributed by atoms with Crippen molar-refractivity contribution in [2.75, 3.05) is 25.0 Å². The van der Waals surface area contributed by atoms with Crippen LogP contribution in [0.3, 0.4) is 0 Å². The highest BCUT2D eigenvalue weighted by atomic mass is 16.4. The number of carboxylic acid groups (broad SMARTS) is 2. The van der Waals surface area contributed by atoms with Gasteiger partial charge in [0.25, 0.3) is 11.5 Å². The van der Waals surface area contributed by atoms with Crippen molar-refractivity contribution in [2.24, 2.45) is 5.10 Å². The van der Waals surface area contributed by atoms with Gasteiger partial charge in [-0.05, 0) is 80.8 Å². The molecule has 1 aromatic heterocycles. The van der Waals surface area contributed by atoms with Crippen molar-refractivity contribution in [3.05, 3.63) is 90.8 Å². The van der Waals surface area contributed by atoms with Crippen LogP contribution in [0.15, 0.2) is 46.3 Å². The van der Waals surface area contributed by atoms with Crippen LogP contribution in [-0.4, -0.2) is 57.8 Å². The maximum absolute atomic E-state index is 13.9. The van der Waals surface area contributed by atoms with Gasteiger partial charge in [-0.15, -0.1) is 0 Å². The van der Waals surface area contributed by atoms with Crippen molar-refractivity contribution >= 4 is 29.6 Å². The Hall–Kier alpha value is -4.73. The molecule has 0 radical (unpaired) electrons. The molecular weight excluding hydrogens is 488 g/mol. The van der Waals surface area contributed by atoms with Gasteiger partial charge in [0.05, 0.1) is 22.4 Å². The van der Waals surface area contributed by atoms with E-state index in [0.29, 0.717) is 5.56 Å². The van der Waals surface area contributed by atoms with Gasteiger partial charge in [0.2, 0.25) is 0 Å². The first-order chi connectivity index (χ1) is 18.0. The summed E-state index contributed by atoms with van der Waals surface area (Å²) in [6.45, 7) is 9.44. The second kappa shape index (κ2) is 9.97. The fourth-order valence-corrected chi connectivity index (χ4v) is 4.65. The van der Waals surface area contributed by atoms with E-state index in [2.05, 4.69) is 23.8 Å². The van der Waals surface area contributed by atoms with Crippen LogP contribution in [-0.2, 0) is 0 Å². The van der Waals surface area contributed by atoms with Gasteiger partial charge in [-0.3, -0.25) is 14.2 Å². The summed E-state index contributed by atoms with van der Waals surface area (Å²) in [6, 6.07) is 9.30. The van der Waals surface area contributed by atoms with Gasteiger partial charge in [-0.2, -0.15) is 5.10 Å². The summed E-state index contributed by atoms with van der Waals surface area (Å²) in [7, 11) is 1.45. The molecule has 196 valence electrons. The lowest BCUT2D eigenvalue weighted by Gasteiger charge is -2.21. The number of hydrogen-bond acceptors (Lipinski definition) is 6. The van der Waals surface area contributed by atoms with E-state index >= 15 is 0 Å². The van der Waals surface area contributed by atoms with Crippen LogP contribution >= 0.6 is 0 Å². The Labute approximate surface area is 218 Å². The highest BCUT2D eigenvalue weighted by molar-refractivity contribution is 5.97. The number of benzene rings is 2. The van der Waals surface area contributed by atoms with Crippen LogP contribution in [0.2, 0.25) is 0 Å². The van der Waals surface area contributed by atoms with Crippen molar-refractivity contribution in [3.8, 4) is 5.69 Å². The molecule has 0 bridgehead atoms. The summed E-state index contributed by atoms with van der Waals surface area (Å²) in [5.41, 5.74) is 2.19. The summed E-state index contributed by atoms with van der Waals surface area (Å²) in [4.78, 5) is 52.6. The summed E-state index contributed by atoms with van der Waals surface area (Å²) in [5, 5.41) is 24.7. The predicted octanol–water partition coefficient (Wildman–Crippen LogP) is 2.15. The van der Waals surface area contributed by atoms with Gasteiger partial charge in [0.1, 0.15) is 0 Å². The predicted molar refractivity (Wildman–Crippen MR) is 142 cm³/mol. The Kier molecular flexibility index (Phi) is 6.91. The molecule has 0 aliphatic carbocycles. The van der Waals surface area contributed by atoms with E-state index in [9.17, 15) is 29.4 Å². The summed E-state index contributed by atoms with van der Waals surface area (Å²) in [5.74, 6) is -3.14. The average Bonchev–Trinajstić information content (AvgIpc) is 3.17. The molecule has 0 spiro atoms. The zero-order chi connectivity index (χ0) is 27.9. The van der Waals surface area contributed by atoms with Crippen molar-refractivity contribution < 1.29 is 24.6 Å². The lowest BCUT2D eigenvalue weighted by atomic mass is 10.0. The monoisotopic (exact) mass is 516 g/mol. The zero-order valence-corrected chi connectivity index (χ0v) is 21.8. The molecule has 10 nitrogen and oxygen atoms in total. The highest BCUT2D eigenvalue weighted by Crippen LogP contribution is 2.20. The number of amides is 1. The second-order valence-corrected chi connectivity index (χ2v) is 9.04. The number of carbonyl (C=O) groups is 3. The number of anilines is 1. The first-order valence-corrected chi connectivity index (χ1v) is 12.1. The smallest absolute Gasteiger partial charge is 0.335 e. The number of carbonyl (C=O) groups excluding carboxylic acids is 1. The Bertz CT molecular complexity index is 1650. The highest BCUT2D eigenvalue weighted by Gasteiger charge is 2.28. The van der Waals surface area contributed by atoms with E-state index in [1.54, 1.807) is 13.0 Å². The number of pyridine rings is 1. The number of aromatic nitrogens is 1. The largest absolute Gasteiger partial charge is 0.478 e. The summed E-state index contributed by atoms with van der Waals surface area (Å²) in [6.07, 6.45) is 1.69. The van der Waals surface area contributed by atoms with Crippen molar-refractivity contribution in [1.29, 1.82) is 0 Å². The quantitative estimate of drug-likeness (QED) is 0.492. The van der Waals surface area contributed by atoms with Gasteiger partial charge in [-0.1, -0.05) is 6.07 Å². The number of rotatable bonds is 7. The maximum atomic E-state index is 13.9. The normalized spacial score (nSPS) is 12.9. The molecule has 10 heteroatoms. The Morgan fingerprint density at radius 1 is 0.974 bits per heavy atom. The minimum absolute atomic E-state index is 0.0151. The molecule has 1 amide bonds. The van der Waals surface area contributed by atoms with Gasteiger partial charge in [-0.25, -0.2) is 14.6 Å². The first-order valence-electron chi connectivity index (χ1n) is 12.1. The van der Waals surface area contributed by atoms with Crippen LogP contribution in [0.5, 0.6) is 0 Å². The Morgan fingerprint density at radius 2 is 1.58 bits per heavy atom. The summed E-state index contributed by atoms with van der Waals surface area (Å²) < 4.78 is 1.11. The van der Waals surface area contributed by atoms with Crippen molar-refractivity contribution in [1.82, 2.24) is 9.58 Å². The van der Waals surface area contributed by atoms with E-state index in [1.807, 2.05) is 25.1 Å². The SMILES string of the molecule is CCN(CC)c1ccc(/C=c2/c(C)c3c(n(-c4cc(C(=O)O)cc(C(=O)O)c4)c2=O)=NN(C)C3=O)c(C)c1. The lowest BCUT2D eigenvalue weighted by molar-refractivity contribution is 0.0696. The summed E-state index contributed by atoms with van der Waals surface area (Å²) >= 11 is 0. The zero-order valence-electron chi connectivity index (χ0n) is 21.8. The third-order valence-corrected chi connectivity index (χ3v) is 6.75. The minimum Gasteiger partial charge on any atom is -0.478 e. The van der Waals surface area contributed by atoms with Crippen LogP contribution in [0.1, 0.15) is 61.6 Å². The van der Waals surface area contributed by atoms with Crippen LogP contribution < -0.4 is 21.2 Å². The molecule has 3 aromatic rings. The maximum Gasteiger partial charge on any atom is 0.335 e. The van der Waals surface area contributed by atoms with E-state index < -0.39 is 23.4 Å². The number of aromatic carboxylic acids is 2. The van der Waals surface area contributed by atoms with E-state index in [4.69, 9.17) is 0 Å². The molecule has 4 rings (SSSR count). The fraction of sp³-hybridized carbons (Fsp3) is 0.250. The molecular formula is C28H28N4O6. The number of fused-ring (bicyclic) bond motifs is 1. The molecule has 1 aliphatic heterocycles. The minimum atomic E-state index is -1.35. The third-order valence-electron chi connectivity index (χ3n) is 6.75. The lowest BCUT2D eigenvalue weighted by Crippen LogP contribution is -2.45. The molecule has 2 heterocycles.